The van der Waals surface area contributed by atoms with Crippen LogP contribution >= 0.6 is 0 Å². The molecule has 0 aliphatic carbocycles. The summed E-state index contributed by atoms with van der Waals surface area (Å²) in [6, 6.07) is -1.67. The van der Waals surface area contributed by atoms with E-state index in [4.69, 9.17) is 5.11 Å². The third-order valence-corrected chi connectivity index (χ3v) is 1.79. The number of aliphatic carboxylic acids is 3. The van der Waals surface area contributed by atoms with E-state index in [1.54, 1.807) is 0 Å². The third-order valence-electron chi connectivity index (χ3n) is 1.79. The molecule has 0 fully saturated rings. The maximum Gasteiger partial charge on any atom is 1.00 e. The summed E-state index contributed by atoms with van der Waals surface area (Å²) in [7, 11) is 0. The van der Waals surface area contributed by atoms with E-state index in [9.17, 15) is 29.7 Å². The van der Waals surface area contributed by atoms with E-state index < -0.39 is 43.5 Å². The Morgan fingerprint density at radius 1 is 1.00 bits per heavy atom. The zero-order chi connectivity index (χ0) is 12.7. The molecule has 19 heavy (non-hydrogen) atoms. The van der Waals surface area contributed by atoms with Gasteiger partial charge in [0.25, 0.3) is 0 Å². The van der Waals surface area contributed by atoms with Gasteiger partial charge in [0.05, 0.1) is 24.6 Å². The Morgan fingerprint density at radius 3 is 1.74 bits per heavy atom. The largest absolute Gasteiger partial charge is 1.00 e. The van der Waals surface area contributed by atoms with Gasteiger partial charge >= 0.3 is 88.7 Å². The maximum atomic E-state index is 10.6. The van der Waals surface area contributed by atoms with Crippen molar-refractivity contribution in [2.75, 3.05) is 19.7 Å². The van der Waals surface area contributed by atoms with Crippen molar-refractivity contribution < 1.29 is 123 Å². The number of carbonyl (C=O) groups excluding carboxylic acids is 3. The normalized spacial score (nSPS) is 10.4. The molecule has 1 atom stereocenters. The number of carbonyl (C=O) groups is 3. The average molecular weight is 301 g/mol. The molecule has 0 heterocycles. The molecule has 1 N–H and O–H groups in total. The molecule has 11 heteroatoms. The number of hydrogen-bond acceptors (Lipinski definition) is 8. The van der Waals surface area contributed by atoms with Crippen LogP contribution in [0.3, 0.4) is 0 Å². The van der Waals surface area contributed by atoms with Gasteiger partial charge in [-0.1, -0.05) is 0 Å². The standard InChI is InChI=1S/C8H13NO7.3Na/c10-2-1-9(4-7(13)14)5(8(15)16)3-6(11)12;;;/h5,10H,1-4H2,(H,11,12)(H,13,14)(H,15,16);;;/q;3*+1/p-3/t5-;;;/m0.../s1. The first-order valence-electron chi connectivity index (χ1n) is 4.34. The molecular formula is C8H10NNa3O7. The van der Waals surface area contributed by atoms with E-state index in [2.05, 4.69) is 0 Å². The number of hydrogen-bond donors (Lipinski definition) is 1. The smallest absolute Gasteiger partial charge is 0.550 e. The van der Waals surface area contributed by atoms with Gasteiger partial charge in [-0.15, -0.1) is 0 Å². The summed E-state index contributed by atoms with van der Waals surface area (Å²) in [5, 5.41) is 39.7. The van der Waals surface area contributed by atoms with E-state index >= 15 is 0 Å². The van der Waals surface area contributed by atoms with Crippen LogP contribution in [0.2, 0.25) is 0 Å². The summed E-state index contributed by atoms with van der Waals surface area (Å²) < 4.78 is 0. The molecule has 0 saturated heterocycles. The zero-order valence-corrected chi connectivity index (χ0v) is 17.2. The van der Waals surface area contributed by atoms with Gasteiger partial charge in [-0.2, -0.15) is 0 Å². The Morgan fingerprint density at radius 2 is 1.47 bits per heavy atom. The Hall–Kier alpha value is 1.33. The van der Waals surface area contributed by atoms with Gasteiger partial charge in [0, 0.05) is 25.5 Å². The van der Waals surface area contributed by atoms with E-state index in [0.717, 1.165) is 4.90 Å². The van der Waals surface area contributed by atoms with Crippen molar-refractivity contribution in [3.63, 3.8) is 0 Å². The monoisotopic (exact) mass is 301 g/mol. The zero-order valence-electron chi connectivity index (χ0n) is 11.2. The number of nitrogens with zero attached hydrogens (tertiary/aromatic N) is 1. The number of aliphatic hydroxyl groups excluding tert-OH is 1. The van der Waals surface area contributed by atoms with Gasteiger partial charge in [0.2, 0.25) is 0 Å². The first-order chi connectivity index (χ1) is 7.38. The van der Waals surface area contributed by atoms with E-state index in [1.807, 2.05) is 0 Å². The van der Waals surface area contributed by atoms with Crippen molar-refractivity contribution in [1.82, 2.24) is 4.90 Å². The number of carboxylic acids is 3. The first kappa shape index (κ1) is 28.5. The second kappa shape index (κ2) is 15.7. The Kier molecular flexibility index (Phi) is 23.6. The van der Waals surface area contributed by atoms with Gasteiger partial charge in [-0.3, -0.25) is 4.90 Å². The van der Waals surface area contributed by atoms with Gasteiger partial charge in [-0.25, -0.2) is 0 Å². The Balaban J connectivity index is -0.000000375. The van der Waals surface area contributed by atoms with E-state index in [1.165, 1.54) is 0 Å². The fourth-order valence-electron chi connectivity index (χ4n) is 1.16. The van der Waals surface area contributed by atoms with Crippen LogP contribution in [0.5, 0.6) is 0 Å². The molecule has 0 aliphatic rings. The van der Waals surface area contributed by atoms with Crippen molar-refractivity contribution in [2.24, 2.45) is 0 Å². The minimum atomic E-state index is -1.75. The Labute approximate surface area is 176 Å². The van der Waals surface area contributed by atoms with Crippen molar-refractivity contribution in [3.05, 3.63) is 0 Å². The average Bonchev–Trinajstić information content (AvgIpc) is 2.12. The van der Waals surface area contributed by atoms with Crippen molar-refractivity contribution >= 4 is 17.9 Å². The summed E-state index contributed by atoms with van der Waals surface area (Å²) in [6.07, 6.45) is -0.921. The topological polar surface area (TPSA) is 144 Å². The van der Waals surface area contributed by atoms with Gasteiger partial charge in [0.1, 0.15) is 0 Å². The van der Waals surface area contributed by atoms with E-state index in [0.29, 0.717) is 0 Å². The predicted molar refractivity (Wildman–Crippen MR) is 42.1 cm³/mol. The molecule has 0 spiro atoms. The molecule has 0 bridgehead atoms. The molecule has 0 aromatic rings. The molecule has 0 unspecified atom stereocenters. The van der Waals surface area contributed by atoms with Crippen LogP contribution in [0.25, 0.3) is 0 Å². The Bertz CT molecular complexity index is 290. The molecule has 0 saturated carbocycles. The minimum absolute atomic E-state index is 0. The minimum Gasteiger partial charge on any atom is -0.550 e. The molecule has 0 amide bonds. The molecule has 0 rings (SSSR count). The number of rotatable bonds is 8. The quantitative estimate of drug-likeness (QED) is 0.435. The summed E-state index contributed by atoms with van der Waals surface area (Å²) in [5.74, 6) is -4.99. The van der Waals surface area contributed by atoms with Crippen LogP contribution in [-0.4, -0.2) is 53.7 Å². The summed E-state index contributed by atoms with van der Waals surface area (Å²) in [5.41, 5.74) is 0. The van der Waals surface area contributed by atoms with Crippen molar-refractivity contribution in [1.29, 1.82) is 0 Å². The third kappa shape index (κ3) is 14.0. The maximum absolute atomic E-state index is 10.6. The summed E-state index contributed by atoms with van der Waals surface area (Å²) >= 11 is 0. The second-order valence-corrected chi connectivity index (χ2v) is 2.98. The molecule has 0 radical (unpaired) electrons. The number of aliphatic hydroxyl groups is 1. The van der Waals surface area contributed by atoms with Crippen molar-refractivity contribution in [3.8, 4) is 0 Å². The summed E-state index contributed by atoms with van der Waals surface area (Å²) in [4.78, 5) is 31.9. The molecule has 0 aromatic carbocycles. The fourth-order valence-corrected chi connectivity index (χ4v) is 1.16. The fraction of sp³-hybridized carbons (Fsp3) is 0.625. The van der Waals surface area contributed by atoms with Gasteiger partial charge in [-0.05, 0) is 0 Å². The van der Waals surface area contributed by atoms with Gasteiger partial charge < -0.3 is 34.8 Å². The molecule has 0 aliphatic heterocycles. The van der Waals surface area contributed by atoms with Crippen LogP contribution in [0.1, 0.15) is 6.42 Å². The van der Waals surface area contributed by atoms with Crippen LogP contribution in [0, 0.1) is 0 Å². The second-order valence-electron chi connectivity index (χ2n) is 2.98. The van der Waals surface area contributed by atoms with E-state index in [-0.39, 0.29) is 95.2 Å². The molecule has 92 valence electrons. The van der Waals surface area contributed by atoms with Crippen molar-refractivity contribution in [2.45, 2.75) is 12.5 Å². The van der Waals surface area contributed by atoms with Crippen LogP contribution in [0.4, 0.5) is 0 Å². The van der Waals surface area contributed by atoms with Crippen LogP contribution < -0.4 is 104 Å². The molecule has 0 aromatic heterocycles. The SMILES string of the molecule is O=C([O-])C[C@@H](C(=O)[O-])N(CCO)CC(=O)[O-].[Na+].[Na+].[Na+]. The van der Waals surface area contributed by atoms with Gasteiger partial charge in [0.15, 0.2) is 0 Å². The predicted octanol–water partition coefficient (Wildman–Crippen LogP) is -14.7. The van der Waals surface area contributed by atoms with Crippen LogP contribution in [-0.2, 0) is 14.4 Å². The summed E-state index contributed by atoms with van der Waals surface area (Å²) in [6.45, 7) is -1.66. The molecule has 8 nitrogen and oxygen atoms in total. The first-order valence-corrected chi connectivity index (χ1v) is 4.34. The molecular weight excluding hydrogens is 291 g/mol. The van der Waals surface area contributed by atoms with Crippen LogP contribution in [0.15, 0.2) is 0 Å². The number of carboxylic acid groups (broad SMARTS) is 3.